The highest BCUT2D eigenvalue weighted by Crippen LogP contribution is 2.15. The number of nitrogens with one attached hydrogen (secondary N) is 2. The summed E-state index contributed by atoms with van der Waals surface area (Å²) in [6, 6.07) is 11.1. The topological polar surface area (TPSA) is 88.9 Å². The molecule has 154 valence electrons. The molecule has 3 aromatic rings. The average Bonchev–Trinajstić information content (AvgIpc) is 3.16. The Labute approximate surface area is 174 Å². The Bertz CT molecular complexity index is 1110. The number of nitrogens with zero attached hydrogens (tertiary/aromatic N) is 4. The van der Waals surface area contributed by atoms with Crippen LogP contribution in [0.15, 0.2) is 52.7 Å². The summed E-state index contributed by atoms with van der Waals surface area (Å²) in [4.78, 5) is 13.4. The monoisotopic (exact) mass is 406 g/mol. The normalized spacial score (nSPS) is 11.5. The van der Waals surface area contributed by atoms with Gasteiger partial charge in [0.2, 0.25) is 0 Å². The zero-order valence-electron chi connectivity index (χ0n) is 16.9. The minimum Gasteiger partial charge on any atom is -0.390 e. The molecule has 0 radical (unpaired) electrons. The van der Waals surface area contributed by atoms with Crippen LogP contribution in [-0.4, -0.2) is 60.8 Å². The van der Waals surface area contributed by atoms with Gasteiger partial charge in [0.1, 0.15) is 17.2 Å². The highest BCUT2D eigenvalue weighted by Gasteiger charge is 2.02. The van der Waals surface area contributed by atoms with Gasteiger partial charge in [-0.1, -0.05) is 5.92 Å². The lowest BCUT2D eigenvalue weighted by molar-refractivity contribution is 0.358. The molecule has 0 bridgehead atoms. The third-order valence-corrected chi connectivity index (χ3v) is 4.31. The quantitative estimate of drug-likeness (QED) is 0.319. The van der Waals surface area contributed by atoms with Gasteiger partial charge in [-0.05, 0) is 42.3 Å². The summed E-state index contributed by atoms with van der Waals surface area (Å²) in [6.45, 7) is 1.14. The molecule has 0 fully saturated rings. The number of H-pyrrole nitrogens is 1. The van der Waals surface area contributed by atoms with Crippen molar-refractivity contribution in [2.45, 2.75) is 0 Å². The second-order valence-electron chi connectivity index (χ2n) is 6.51. The second kappa shape index (κ2) is 10.2. The molecule has 0 spiro atoms. The maximum atomic E-state index is 13.2. The molecule has 3 N–H and O–H groups in total. The van der Waals surface area contributed by atoms with E-state index in [0.717, 1.165) is 17.8 Å². The summed E-state index contributed by atoms with van der Waals surface area (Å²) >= 11 is 0. The zero-order valence-corrected chi connectivity index (χ0v) is 16.9. The van der Waals surface area contributed by atoms with Crippen molar-refractivity contribution in [2.75, 3.05) is 38.7 Å². The van der Waals surface area contributed by atoms with E-state index in [-0.39, 0.29) is 12.4 Å². The molecule has 0 unspecified atom stereocenters. The SMILES string of the molecule is CNN=C(C=NCCN(C)c1ccc(C#Cc2cc3cc(F)cnc3[nH]2)cc1)CO. The Kier molecular flexibility index (Phi) is 7.14. The Morgan fingerprint density at radius 2 is 2.10 bits per heavy atom. The molecule has 7 nitrogen and oxygen atoms in total. The fourth-order valence-electron chi connectivity index (χ4n) is 2.75. The van der Waals surface area contributed by atoms with Gasteiger partial charge in [-0.3, -0.25) is 4.99 Å². The van der Waals surface area contributed by atoms with Crippen molar-refractivity contribution in [1.29, 1.82) is 0 Å². The van der Waals surface area contributed by atoms with Crippen molar-refractivity contribution < 1.29 is 9.50 Å². The van der Waals surface area contributed by atoms with Crippen LogP contribution in [0.3, 0.4) is 0 Å². The van der Waals surface area contributed by atoms with Crippen LogP contribution in [-0.2, 0) is 0 Å². The lowest BCUT2D eigenvalue weighted by Crippen LogP contribution is -2.21. The van der Waals surface area contributed by atoms with Crippen molar-refractivity contribution in [3.05, 3.63) is 59.7 Å². The first-order valence-corrected chi connectivity index (χ1v) is 9.40. The number of aliphatic hydroxyl groups is 1. The van der Waals surface area contributed by atoms with E-state index in [1.807, 2.05) is 31.3 Å². The molecule has 30 heavy (non-hydrogen) atoms. The van der Waals surface area contributed by atoms with Gasteiger partial charge in [-0.2, -0.15) is 5.10 Å². The van der Waals surface area contributed by atoms with Gasteiger partial charge in [-0.25, -0.2) is 9.37 Å². The van der Waals surface area contributed by atoms with Gasteiger partial charge in [0.05, 0.1) is 25.0 Å². The Morgan fingerprint density at radius 1 is 1.30 bits per heavy atom. The molecule has 0 aliphatic heterocycles. The minimum absolute atomic E-state index is 0.158. The van der Waals surface area contributed by atoms with Crippen molar-refractivity contribution in [3.63, 3.8) is 0 Å². The van der Waals surface area contributed by atoms with Crippen molar-refractivity contribution in [3.8, 4) is 11.8 Å². The average molecular weight is 406 g/mol. The predicted molar refractivity (Wildman–Crippen MR) is 119 cm³/mol. The second-order valence-corrected chi connectivity index (χ2v) is 6.51. The number of aliphatic imine (C=N–C) groups is 1. The number of fused-ring (bicyclic) bond motifs is 1. The summed E-state index contributed by atoms with van der Waals surface area (Å²) in [5.74, 6) is 5.78. The molecular weight excluding hydrogens is 383 g/mol. The fraction of sp³-hybridized carbons (Fsp3) is 0.227. The van der Waals surface area contributed by atoms with Gasteiger partial charge in [0.25, 0.3) is 0 Å². The third-order valence-electron chi connectivity index (χ3n) is 4.31. The standard InChI is InChI=1S/C22H23FN6O/c1-24-28-20(15-30)14-25-9-10-29(2)21-7-4-16(5-8-21)3-6-19-12-17-11-18(23)13-26-22(17)27-19/h4-5,7-8,11-14,24,30H,9-10,15H2,1-2H3,(H,26,27). The maximum Gasteiger partial charge on any atom is 0.142 e. The number of halogens is 1. The zero-order chi connectivity index (χ0) is 21.3. The first kappa shape index (κ1) is 21.0. The summed E-state index contributed by atoms with van der Waals surface area (Å²) in [7, 11) is 3.66. The number of aromatic amines is 1. The number of benzene rings is 1. The lowest BCUT2D eigenvalue weighted by atomic mass is 10.2. The largest absolute Gasteiger partial charge is 0.390 e. The Balaban J connectivity index is 1.58. The molecule has 1 aromatic carbocycles. The number of pyridine rings is 1. The molecule has 0 atom stereocenters. The van der Waals surface area contributed by atoms with E-state index in [1.54, 1.807) is 19.3 Å². The summed E-state index contributed by atoms with van der Waals surface area (Å²) in [5, 5.41) is 13.7. The highest BCUT2D eigenvalue weighted by atomic mass is 19.1. The molecule has 0 amide bonds. The maximum absolute atomic E-state index is 13.2. The minimum atomic E-state index is -0.369. The van der Waals surface area contributed by atoms with E-state index in [2.05, 4.69) is 42.2 Å². The van der Waals surface area contributed by atoms with Gasteiger partial charge in [0, 0.05) is 43.5 Å². The van der Waals surface area contributed by atoms with Gasteiger partial charge in [0.15, 0.2) is 0 Å². The Morgan fingerprint density at radius 3 is 2.83 bits per heavy atom. The summed E-state index contributed by atoms with van der Waals surface area (Å²) < 4.78 is 13.2. The van der Waals surface area contributed by atoms with Crippen LogP contribution in [0.4, 0.5) is 10.1 Å². The number of hydrogen-bond donors (Lipinski definition) is 3. The van der Waals surface area contributed by atoms with Crippen LogP contribution in [0, 0.1) is 17.7 Å². The third kappa shape index (κ3) is 5.65. The molecular formula is C22H23FN6O. The van der Waals surface area contributed by atoms with Crippen LogP contribution in [0.5, 0.6) is 0 Å². The van der Waals surface area contributed by atoms with Crippen LogP contribution in [0.2, 0.25) is 0 Å². The van der Waals surface area contributed by atoms with E-state index in [9.17, 15) is 4.39 Å². The molecule has 0 saturated carbocycles. The fourth-order valence-corrected chi connectivity index (χ4v) is 2.75. The van der Waals surface area contributed by atoms with Crippen molar-refractivity contribution >= 4 is 28.6 Å². The number of likely N-dealkylation sites (N-methyl/N-ethyl adjacent to an activating group) is 1. The summed E-state index contributed by atoms with van der Waals surface area (Å²) in [6.07, 6.45) is 2.75. The van der Waals surface area contributed by atoms with Gasteiger partial charge in [-0.15, -0.1) is 0 Å². The van der Waals surface area contributed by atoms with E-state index >= 15 is 0 Å². The first-order valence-electron chi connectivity index (χ1n) is 9.40. The van der Waals surface area contributed by atoms with Gasteiger partial charge < -0.3 is 20.4 Å². The van der Waals surface area contributed by atoms with Crippen molar-refractivity contribution in [1.82, 2.24) is 15.4 Å². The van der Waals surface area contributed by atoms with E-state index in [1.165, 1.54) is 12.3 Å². The number of hydrogen-bond acceptors (Lipinski definition) is 6. The molecule has 0 aliphatic carbocycles. The van der Waals surface area contributed by atoms with E-state index in [4.69, 9.17) is 5.11 Å². The van der Waals surface area contributed by atoms with Crippen LogP contribution >= 0.6 is 0 Å². The first-order chi connectivity index (χ1) is 14.6. The number of hydrazone groups is 1. The number of anilines is 1. The number of rotatable bonds is 7. The molecule has 8 heteroatoms. The van der Waals surface area contributed by atoms with E-state index < -0.39 is 0 Å². The van der Waals surface area contributed by atoms with Crippen molar-refractivity contribution in [2.24, 2.45) is 10.1 Å². The molecule has 0 aliphatic rings. The van der Waals surface area contributed by atoms with Gasteiger partial charge >= 0.3 is 0 Å². The van der Waals surface area contributed by atoms with Crippen LogP contribution in [0.25, 0.3) is 11.0 Å². The van der Waals surface area contributed by atoms with E-state index in [0.29, 0.717) is 29.0 Å². The number of aromatic nitrogens is 2. The molecule has 0 saturated heterocycles. The lowest BCUT2D eigenvalue weighted by Gasteiger charge is -2.18. The molecule has 2 aromatic heterocycles. The van der Waals surface area contributed by atoms with Crippen LogP contribution in [0.1, 0.15) is 11.3 Å². The van der Waals surface area contributed by atoms with Crippen LogP contribution < -0.4 is 10.3 Å². The predicted octanol–water partition coefficient (Wildman–Crippen LogP) is 2.18. The summed E-state index contributed by atoms with van der Waals surface area (Å²) in [5.41, 5.74) is 6.33. The smallest absolute Gasteiger partial charge is 0.142 e. The molecule has 2 heterocycles. The Hall–Kier alpha value is -3.70. The molecule has 3 rings (SSSR count). The number of aliphatic hydroxyl groups excluding tert-OH is 1. The highest BCUT2D eigenvalue weighted by molar-refractivity contribution is 6.31.